The fourth-order valence-corrected chi connectivity index (χ4v) is 2.45. The maximum Gasteiger partial charge on any atom is 0.220 e. The standard InChI is InChI=1S/C20H15F2N3O2/c21-15-5-6-16(17(22)9-15)18-12-25-20(27-18)8-7-19(26)24-11-14-3-1-13(10-23)2-4-14/h1-6,9,12H,7-8,11H2,(H,24,26). The van der Waals surface area contributed by atoms with Crippen molar-refractivity contribution in [3.05, 3.63) is 77.3 Å². The fraction of sp³-hybridized carbons (Fsp3) is 0.150. The summed E-state index contributed by atoms with van der Waals surface area (Å²) in [7, 11) is 0. The summed E-state index contributed by atoms with van der Waals surface area (Å²) in [6.07, 6.45) is 1.75. The van der Waals surface area contributed by atoms with Crippen molar-refractivity contribution < 1.29 is 18.0 Å². The molecule has 0 saturated heterocycles. The first kappa shape index (κ1) is 18.3. The number of nitriles is 1. The first-order chi connectivity index (χ1) is 13.0. The molecule has 1 aromatic heterocycles. The second-order valence-electron chi connectivity index (χ2n) is 5.83. The lowest BCUT2D eigenvalue weighted by atomic mass is 10.1. The Morgan fingerprint density at radius 2 is 1.96 bits per heavy atom. The van der Waals surface area contributed by atoms with E-state index in [4.69, 9.17) is 9.68 Å². The van der Waals surface area contributed by atoms with Gasteiger partial charge in [0.05, 0.1) is 23.4 Å². The summed E-state index contributed by atoms with van der Waals surface area (Å²) in [6, 6.07) is 12.1. The van der Waals surface area contributed by atoms with Gasteiger partial charge in [0, 0.05) is 25.5 Å². The van der Waals surface area contributed by atoms with E-state index in [0.29, 0.717) is 18.0 Å². The molecular formula is C20H15F2N3O2. The molecule has 3 aromatic rings. The Balaban J connectivity index is 1.52. The fourth-order valence-electron chi connectivity index (χ4n) is 2.45. The highest BCUT2D eigenvalue weighted by atomic mass is 19.1. The van der Waals surface area contributed by atoms with Crippen molar-refractivity contribution in [2.24, 2.45) is 0 Å². The molecule has 0 saturated carbocycles. The van der Waals surface area contributed by atoms with Gasteiger partial charge in [-0.05, 0) is 29.8 Å². The first-order valence-corrected chi connectivity index (χ1v) is 8.21. The van der Waals surface area contributed by atoms with E-state index >= 15 is 0 Å². The zero-order chi connectivity index (χ0) is 19.2. The third-order valence-corrected chi connectivity index (χ3v) is 3.89. The lowest BCUT2D eigenvalue weighted by Gasteiger charge is -2.04. The van der Waals surface area contributed by atoms with Crippen LogP contribution in [0.15, 0.2) is 53.1 Å². The van der Waals surface area contributed by atoms with Crippen LogP contribution in [-0.2, 0) is 17.8 Å². The number of hydrogen-bond acceptors (Lipinski definition) is 4. The minimum atomic E-state index is -0.738. The number of oxazole rings is 1. The van der Waals surface area contributed by atoms with E-state index in [-0.39, 0.29) is 30.1 Å². The van der Waals surface area contributed by atoms with E-state index < -0.39 is 11.6 Å². The monoisotopic (exact) mass is 367 g/mol. The highest BCUT2D eigenvalue weighted by Crippen LogP contribution is 2.24. The van der Waals surface area contributed by atoms with E-state index in [2.05, 4.69) is 10.3 Å². The summed E-state index contributed by atoms with van der Waals surface area (Å²) < 4.78 is 32.2. The molecule has 0 spiro atoms. The SMILES string of the molecule is N#Cc1ccc(CNC(=O)CCc2ncc(-c3ccc(F)cc3F)o2)cc1. The molecule has 0 radical (unpaired) electrons. The molecule has 5 nitrogen and oxygen atoms in total. The summed E-state index contributed by atoms with van der Waals surface area (Å²) in [4.78, 5) is 16.0. The summed E-state index contributed by atoms with van der Waals surface area (Å²) in [5, 5.41) is 11.5. The quantitative estimate of drug-likeness (QED) is 0.720. The minimum Gasteiger partial charge on any atom is -0.441 e. The molecule has 0 bridgehead atoms. The average molecular weight is 367 g/mol. The highest BCUT2D eigenvalue weighted by molar-refractivity contribution is 5.76. The lowest BCUT2D eigenvalue weighted by Crippen LogP contribution is -2.23. The Morgan fingerprint density at radius 1 is 1.19 bits per heavy atom. The number of nitrogens with one attached hydrogen (secondary N) is 1. The van der Waals surface area contributed by atoms with Crippen LogP contribution in [0, 0.1) is 23.0 Å². The molecule has 2 aromatic carbocycles. The Morgan fingerprint density at radius 3 is 2.67 bits per heavy atom. The van der Waals surface area contributed by atoms with Gasteiger partial charge in [0.2, 0.25) is 5.91 Å². The Hall–Kier alpha value is -3.53. The van der Waals surface area contributed by atoms with Gasteiger partial charge in [-0.25, -0.2) is 13.8 Å². The van der Waals surface area contributed by atoms with Gasteiger partial charge in [-0.15, -0.1) is 0 Å². The molecule has 1 heterocycles. The largest absolute Gasteiger partial charge is 0.441 e. The van der Waals surface area contributed by atoms with Crippen LogP contribution < -0.4 is 5.32 Å². The van der Waals surface area contributed by atoms with Crippen LogP contribution in [0.1, 0.15) is 23.4 Å². The van der Waals surface area contributed by atoms with Gasteiger partial charge in [0.1, 0.15) is 11.6 Å². The predicted octanol–water partition coefficient (Wildman–Crippen LogP) is 3.74. The Kier molecular flexibility index (Phi) is 5.57. The Labute approximate surface area is 154 Å². The van der Waals surface area contributed by atoms with Gasteiger partial charge in [0.15, 0.2) is 11.7 Å². The van der Waals surface area contributed by atoms with Crippen molar-refractivity contribution >= 4 is 5.91 Å². The van der Waals surface area contributed by atoms with E-state index in [0.717, 1.165) is 17.7 Å². The van der Waals surface area contributed by atoms with Gasteiger partial charge in [-0.3, -0.25) is 4.79 Å². The topological polar surface area (TPSA) is 78.9 Å². The van der Waals surface area contributed by atoms with Gasteiger partial charge in [0.25, 0.3) is 0 Å². The molecule has 0 aliphatic carbocycles. The maximum atomic E-state index is 13.8. The van der Waals surface area contributed by atoms with E-state index in [1.165, 1.54) is 12.3 Å². The zero-order valence-electron chi connectivity index (χ0n) is 14.2. The van der Waals surface area contributed by atoms with Crippen molar-refractivity contribution in [2.75, 3.05) is 0 Å². The number of amides is 1. The number of nitrogens with zero attached hydrogens (tertiary/aromatic N) is 2. The van der Waals surface area contributed by atoms with Crippen LogP contribution in [0.2, 0.25) is 0 Å². The van der Waals surface area contributed by atoms with E-state index in [1.54, 1.807) is 24.3 Å². The second-order valence-corrected chi connectivity index (χ2v) is 5.83. The number of benzene rings is 2. The smallest absolute Gasteiger partial charge is 0.220 e. The normalized spacial score (nSPS) is 10.4. The summed E-state index contributed by atoms with van der Waals surface area (Å²) in [5.41, 5.74) is 1.55. The van der Waals surface area contributed by atoms with Crippen molar-refractivity contribution in [1.82, 2.24) is 10.3 Å². The maximum absolute atomic E-state index is 13.8. The van der Waals surface area contributed by atoms with E-state index in [1.807, 2.05) is 6.07 Å². The van der Waals surface area contributed by atoms with Crippen LogP contribution in [-0.4, -0.2) is 10.9 Å². The molecule has 27 heavy (non-hydrogen) atoms. The van der Waals surface area contributed by atoms with Gasteiger partial charge in [-0.2, -0.15) is 5.26 Å². The van der Waals surface area contributed by atoms with Crippen molar-refractivity contribution in [3.63, 3.8) is 0 Å². The molecular weight excluding hydrogens is 352 g/mol. The van der Waals surface area contributed by atoms with E-state index in [9.17, 15) is 13.6 Å². The van der Waals surface area contributed by atoms with Crippen LogP contribution in [0.5, 0.6) is 0 Å². The van der Waals surface area contributed by atoms with Crippen LogP contribution in [0.3, 0.4) is 0 Å². The van der Waals surface area contributed by atoms with Gasteiger partial charge in [-0.1, -0.05) is 12.1 Å². The number of aromatic nitrogens is 1. The molecule has 0 aliphatic rings. The third-order valence-electron chi connectivity index (χ3n) is 3.89. The van der Waals surface area contributed by atoms with Gasteiger partial charge >= 0.3 is 0 Å². The highest BCUT2D eigenvalue weighted by Gasteiger charge is 2.13. The van der Waals surface area contributed by atoms with Crippen molar-refractivity contribution in [3.8, 4) is 17.4 Å². The third kappa shape index (κ3) is 4.76. The van der Waals surface area contributed by atoms with Gasteiger partial charge < -0.3 is 9.73 Å². The molecule has 0 fully saturated rings. The van der Waals surface area contributed by atoms with Crippen molar-refractivity contribution in [2.45, 2.75) is 19.4 Å². The number of aryl methyl sites for hydroxylation is 1. The second kappa shape index (κ2) is 8.23. The molecule has 1 N–H and O–H groups in total. The summed E-state index contributed by atoms with van der Waals surface area (Å²) in [5.74, 6) is -1.12. The Bertz CT molecular complexity index is 991. The molecule has 0 aliphatic heterocycles. The average Bonchev–Trinajstić information content (AvgIpc) is 3.14. The number of carbonyl (C=O) groups is 1. The predicted molar refractivity (Wildman–Crippen MR) is 93.2 cm³/mol. The van der Waals surface area contributed by atoms with Crippen LogP contribution in [0.4, 0.5) is 8.78 Å². The summed E-state index contributed by atoms with van der Waals surface area (Å²) in [6.45, 7) is 0.349. The number of hydrogen-bond donors (Lipinski definition) is 1. The molecule has 1 amide bonds. The first-order valence-electron chi connectivity index (χ1n) is 8.21. The minimum absolute atomic E-state index is 0.111. The number of halogens is 2. The summed E-state index contributed by atoms with van der Waals surface area (Å²) >= 11 is 0. The molecule has 0 unspecified atom stereocenters. The lowest BCUT2D eigenvalue weighted by molar-refractivity contribution is -0.121. The molecule has 3 rings (SSSR count). The number of rotatable bonds is 6. The van der Waals surface area contributed by atoms with Crippen molar-refractivity contribution in [1.29, 1.82) is 5.26 Å². The van der Waals surface area contributed by atoms with Crippen LogP contribution >= 0.6 is 0 Å². The number of carbonyl (C=O) groups excluding carboxylic acids is 1. The zero-order valence-corrected chi connectivity index (χ0v) is 14.2. The van der Waals surface area contributed by atoms with Crippen LogP contribution in [0.25, 0.3) is 11.3 Å². The molecule has 7 heteroatoms. The molecule has 0 atom stereocenters. The molecule has 136 valence electrons.